The molecule has 1 saturated carbocycles. The fourth-order valence-corrected chi connectivity index (χ4v) is 11.1. The number of nitrogens with one attached hydrogen (secondary N) is 2. The lowest BCUT2D eigenvalue weighted by molar-refractivity contribution is -0.140. The van der Waals surface area contributed by atoms with E-state index in [1.165, 1.54) is 29.7 Å². The molecule has 0 radical (unpaired) electrons. The number of nitrogens with zero attached hydrogens (tertiary/aromatic N) is 4. The molecule has 2 aliphatic heterocycles. The van der Waals surface area contributed by atoms with Crippen LogP contribution in [-0.2, 0) is 26.0 Å². The molecule has 254 valence electrons. The van der Waals surface area contributed by atoms with E-state index < -0.39 is 53.8 Å². The number of hydrogen-bond acceptors (Lipinski definition) is 10. The van der Waals surface area contributed by atoms with Crippen LogP contribution in [0.15, 0.2) is 53.6 Å². The van der Waals surface area contributed by atoms with Crippen molar-refractivity contribution in [2.45, 2.75) is 42.9 Å². The Bertz CT molecular complexity index is 2160. The highest BCUT2D eigenvalue weighted by atomic mass is 32.2. The molecule has 0 amide bonds. The second-order valence-electron chi connectivity index (χ2n) is 12.6. The fraction of sp³-hybridized carbons (Fsp3) is 0.367. The first-order valence-corrected chi connectivity index (χ1v) is 18.8. The molecule has 0 bridgehead atoms. The maximum Gasteiger partial charge on any atom is 0.417 e. The van der Waals surface area contributed by atoms with E-state index in [1.807, 2.05) is 18.7 Å². The molecule has 3 atom stereocenters. The molecule has 1 unspecified atom stereocenters. The lowest BCUT2D eigenvalue weighted by atomic mass is 9.90. The number of benzene rings is 2. The number of halogens is 5. The van der Waals surface area contributed by atoms with E-state index in [-0.39, 0.29) is 52.1 Å². The van der Waals surface area contributed by atoms with E-state index in [2.05, 4.69) is 15.3 Å². The molecule has 3 fully saturated rings. The van der Waals surface area contributed by atoms with Gasteiger partial charge in [-0.1, -0.05) is 23.5 Å². The Kier molecular flexibility index (Phi) is 7.52. The standard InChI is InChI=1S/C30H27F5N6O4S3/c1-29(2)10-12-41(29)28-39-24(25(46-28)21-9-11-36-27(37-21)38-23-16-13-47(42,43)14-17(16)23)15-5-3-8-20(22(15)32)40-48(44,45)26-18(30(33,34)35)6-4-7-19(26)31/h3-9,11,16-17,23,40H,10,12-14H2,1-2H3,(H,36,37,38)/t16-,17+,23?. The molecule has 2 saturated heterocycles. The summed E-state index contributed by atoms with van der Waals surface area (Å²) in [4.78, 5) is 14.4. The summed E-state index contributed by atoms with van der Waals surface area (Å²) in [6.45, 7) is 4.71. The first-order valence-electron chi connectivity index (χ1n) is 14.7. The van der Waals surface area contributed by atoms with E-state index in [9.17, 15) is 34.4 Å². The van der Waals surface area contributed by atoms with Crippen LogP contribution in [-0.4, -0.2) is 61.4 Å². The number of sulfone groups is 1. The lowest BCUT2D eigenvalue weighted by Crippen LogP contribution is -2.56. The number of fused-ring (bicyclic) bond motifs is 1. The van der Waals surface area contributed by atoms with Crippen LogP contribution in [0.5, 0.6) is 0 Å². The van der Waals surface area contributed by atoms with Crippen LogP contribution in [0.4, 0.5) is 38.7 Å². The van der Waals surface area contributed by atoms with Crippen molar-refractivity contribution in [2.75, 3.05) is 33.0 Å². The minimum Gasteiger partial charge on any atom is -0.351 e. The van der Waals surface area contributed by atoms with E-state index in [1.54, 1.807) is 10.8 Å². The molecule has 1 aliphatic carbocycles. The number of alkyl halides is 3. The Labute approximate surface area is 276 Å². The van der Waals surface area contributed by atoms with Gasteiger partial charge >= 0.3 is 6.18 Å². The van der Waals surface area contributed by atoms with Crippen LogP contribution in [0.1, 0.15) is 25.8 Å². The molecule has 4 heterocycles. The zero-order valence-electron chi connectivity index (χ0n) is 25.2. The number of hydrogen-bond donors (Lipinski definition) is 2. The zero-order chi connectivity index (χ0) is 34.4. The summed E-state index contributed by atoms with van der Waals surface area (Å²) >= 11 is 1.22. The van der Waals surface area contributed by atoms with Crippen molar-refractivity contribution in [1.29, 1.82) is 0 Å². The summed E-state index contributed by atoms with van der Waals surface area (Å²) in [5.74, 6) is -2.43. The predicted octanol–water partition coefficient (Wildman–Crippen LogP) is 5.81. The molecular formula is C30H27F5N6O4S3. The Balaban J connectivity index is 1.26. The van der Waals surface area contributed by atoms with Gasteiger partial charge in [0.15, 0.2) is 20.8 Å². The minimum absolute atomic E-state index is 0.0290. The van der Waals surface area contributed by atoms with E-state index >= 15 is 4.39 Å². The van der Waals surface area contributed by atoms with Crippen LogP contribution in [0, 0.1) is 23.5 Å². The quantitative estimate of drug-likeness (QED) is 0.216. The lowest BCUT2D eigenvalue weighted by Gasteiger charge is -2.48. The Morgan fingerprint density at radius 3 is 2.38 bits per heavy atom. The van der Waals surface area contributed by atoms with Gasteiger partial charge in [0.05, 0.1) is 39.0 Å². The van der Waals surface area contributed by atoms with Gasteiger partial charge in [0, 0.05) is 29.9 Å². The Morgan fingerprint density at radius 2 is 1.73 bits per heavy atom. The average Bonchev–Trinajstić information content (AvgIpc) is 3.28. The van der Waals surface area contributed by atoms with E-state index in [0.717, 1.165) is 18.6 Å². The average molecular weight is 727 g/mol. The third-order valence-corrected chi connectivity index (χ3v) is 13.3. The maximum absolute atomic E-state index is 16.3. The summed E-state index contributed by atoms with van der Waals surface area (Å²) in [5, 5.41) is 3.74. The summed E-state index contributed by atoms with van der Waals surface area (Å²) in [6, 6.07) is 6.86. The van der Waals surface area contributed by atoms with Gasteiger partial charge in [-0.05, 0) is 62.4 Å². The number of anilines is 3. The highest BCUT2D eigenvalue weighted by Gasteiger charge is 2.59. The highest BCUT2D eigenvalue weighted by Crippen LogP contribution is 2.49. The van der Waals surface area contributed by atoms with E-state index in [4.69, 9.17) is 4.98 Å². The zero-order valence-corrected chi connectivity index (χ0v) is 27.7. The van der Waals surface area contributed by atoms with Crippen molar-refractivity contribution in [3.05, 3.63) is 65.9 Å². The van der Waals surface area contributed by atoms with Gasteiger partial charge in [-0.25, -0.2) is 40.6 Å². The second kappa shape index (κ2) is 11.1. The smallest absolute Gasteiger partial charge is 0.351 e. The number of sulfonamides is 1. The number of rotatable bonds is 8. The van der Waals surface area contributed by atoms with Crippen molar-refractivity contribution >= 4 is 48.0 Å². The molecule has 7 rings (SSSR count). The van der Waals surface area contributed by atoms with Gasteiger partial charge in [0.1, 0.15) is 10.7 Å². The summed E-state index contributed by atoms with van der Waals surface area (Å²) in [6.07, 6.45) is -2.84. The first-order chi connectivity index (χ1) is 22.5. The fourth-order valence-electron chi connectivity index (χ4n) is 6.27. The third-order valence-electron chi connectivity index (χ3n) is 8.97. The van der Waals surface area contributed by atoms with Crippen molar-refractivity contribution < 1.29 is 38.8 Å². The van der Waals surface area contributed by atoms with Crippen LogP contribution in [0.3, 0.4) is 0 Å². The third kappa shape index (κ3) is 5.76. The number of thiazole rings is 1. The molecular weight excluding hydrogens is 700 g/mol. The second-order valence-corrected chi connectivity index (χ2v) is 17.4. The molecule has 2 aromatic carbocycles. The molecule has 18 heteroatoms. The Morgan fingerprint density at radius 1 is 1.02 bits per heavy atom. The van der Waals surface area contributed by atoms with Gasteiger partial charge in [0.25, 0.3) is 10.0 Å². The highest BCUT2D eigenvalue weighted by molar-refractivity contribution is 7.92. The topological polar surface area (TPSA) is 134 Å². The molecule has 48 heavy (non-hydrogen) atoms. The SMILES string of the molecule is CC1(C)CCN1c1nc(-c2cccc(NS(=O)(=O)c3c(F)cccc3C(F)(F)F)c2F)c(-c2ccnc(NC3[C@H]4CS(=O)(=O)C[C@@H]34)n2)s1. The Hall–Kier alpha value is -3.90. The largest absolute Gasteiger partial charge is 0.417 e. The molecule has 3 aliphatic rings. The summed E-state index contributed by atoms with van der Waals surface area (Å²) < 4.78 is 124. The van der Waals surface area contributed by atoms with Crippen LogP contribution < -0.4 is 14.9 Å². The van der Waals surface area contributed by atoms with Crippen LogP contribution in [0.2, 0.25) is 0 Å². The summed E-state index contributed by atoms with van der Waals surface area (Å²) in [7, 11) is -8.32. The van der Waals surface area contributed by atoms with Gasteiger partial charge in [-0.3, -0.25) is 4.72 Å². The van der Waals surface area contributed by atoms with Gasteiger partial charge in [-0.2, -0.15) is 13.2 Å². The normalized spacial score (nSPS) is 22.6. The number of aromatic nitrogens is 3. The van der Waals surface area contributed by atoms with Crippen molar-refractivity contribution in [2.24, 2.45) is 11.8 Å². The molecule has 2 N–H and O–H groups in total. The monoisotopic (exact) mass is 726 g/mol. The predicted molar refractivity (Wildman–Crippen MR) is 170 cm³/mol. The molecule has 2 aromatic heterocycles. The van der Waals surface area contributed by atoms with Crippen molar-refractivity contribution in [3.63, 3.8) is 0 Å². The van der Waals surface area contributed by atoms with Crippen LogP contribution >= 0.6 is 11.3 Å². The minimum atomic E-state index is -5.26. The van der Waals surface area contributed by atoms with Gasteiger partial charge < -0.3 is 10.2 Å². The van der Waals surface area contributed by atoms with Crippen molar-refractivity contribution in [3.8, 4) is 21.8 Å². The van der Waals surface area contributed by atoms with Gasteiger partial charge in [0.2, 0.25) is 5.95 Å². The first kappa shape index (κ1) is 32.6. The van der Waals surface area contributed by atoms with Crippen LogP contribution in [0.25, 0.3) is 21.8 Å². The molecule has 4 aromatic rings. The molecule has 10 nitrogen and oxygen atoms in total. The van der Waals surface area contributed by atoms with Crippen molar-refractivity contribution in [1.82, 2.24) is 15.0 Å². The maximum atomic E-state index is 16.3. The molecule has 0 spiro atoms. The van der Waals surface area contributed by atoms with E-state index in [0.29, 0.717) is 34.4 Å². The summed E-state index contributed by atoms with van der Waals surface area (Å²) in [5.41, 5.74) is -2.42. The van der Waals surface area contributed by atoms with Gasteiger partial charge in [-0.15, -0.1) is 0 Å².